The van der Waals surface area contributed by atoms with Gasteiger partial charge in [0.05, 0.1) is 0 Å². The molecule has 2 atom stereocenters. The van der Waals surface area contributed by atoms with E-state index in [1.807, 2.05) is 12.1 Å². The average molecular weight is 279 g/mol. The minimum absolute atomic E-state index is 0.0848. The Hall–Kier alpha value is -0.970. The predicted octanol–water partition coefficient (Wildman–Crippen LogP) is 2.16. The SMILES string of the molecule is Cc1ccc(C(CN)N(C)C2CCCN(C)C2)cc1F. The van der Waals surface area contributed by atoms with E-state index in [4.69, 9.17) is 5.73 Å². The van der Waals surface area contributed by atoms with E-state index in [1.54, 1.807) is 13.0 Å². The first-order valence-corrected chi connectivity index (χ1v) is 7.39. The lowest BCUT2D eigenvalue weighted by molar-refractivity contribution is 0.101. The molecule has 3 nitrogen and oxygen atoms in total. The highest BCUT2D eigenvalue weighted by molar-refractivity contribution is 5.26. The van der Waals surface area contributed by atoms with Gasteiger partial charge in [0, 0.05) is 25.2 Å². The first-order chi connectivity index (χ1) is 9.52. The molecule has 0 aromatic heterocycles. The van der Waals surface area contributed by atoms with E-state index >= 15 is 0 Å². The molecule has 2 unspecified atom stereocenters. The monoisotopic (exact) mass is 279 g/mol. The van der Waals surface area contributed by atoms with Gasteiger partial charge in [-0.25, -0.2) is 4.39 Å². The van der Waals surface area contributed by atoms with Crippen LogP contribution in [-0.2, 0) is 0 Å². The van der Waals surface area contributed by atoms with Gasteiger partial charge in [-0.15, -0.1) is 0 Å². The number of hydrogen-bond acceptors (Lipinski definition) is 3. The van der Waals surface area contributed by atoms with E-state index in [1.165, 1.54) is 12.8 Å². The molecule has 0 bridgehead atoms. The van der Waals surface area contributed by atoms with Gasteiger partial charge in [0.1, 0.15) is 5.82 Å². The smallest absolute Gasteiger partial charge is 0.126 e. The Kier molecular flexibility index (Phi) is 5.13. The van der Waals surface area contributed by atoms with E-state index in [0.29, 0.717) is 18.2 Å². The van der Waals surface area contributed by atoms with Crippen molar-refractivity contribution in [2.75, 3.05) is 33.7 Å². The van der Waals surface area contributed by atoms with Crippen molar-refractivity contribution in [3.8, 4) is 0 Å². The van der Waals surface area contributed by atoms with Crippen molar-refractivity contribution < 1.29 is 4.39 Å². The zero-order valence-electron chi connectivity index (χ0n) is 12.8. The van der Waals surface area contributed by atoms with Gasteiger partial charge in [-0.1, -0.05) is 12.1 Å². The third-order valence-corrected chi connectivity index (χ3v) is 4.47. The first kappa shape index (κ1) is 15.4. The highest BCUT2D eigenvalue weighted by Gasteiger charge is 2.26. The van der Waals surface area contributed by atoms with Gasteiger partial charge in [-0.05, 0) is 57.6 Å². The molecule has 20 heavy (non-hydrogen) atoms. The van der Waals surface area contributed by atoms with Crippen LogP contribution in [0.4, 0.5) is 4.39 Å². The van der Waals surface area contributed by atoms with Crippen LogP contribution in [0.15, 0.2) is 18.2 Å². The van der Waals surface area contributed by atoms with Crippen LogP contribution in [0.1, 0.15) is 30.0 Å². The second kappa shape index (κ2) is 6.66. The summed E-state index contributed by atoms with van der Waals surface area (Å²) in [6, 6.07) is 6.05. The summed E-state index contributed by atoms with van der Waals surface area (Å²) in [6.07, 6.45) is 2.40. The highest BCUT2D eigenvalue weighted by Crippen LogP contribution is 2.25. The molecule has 0 radical (unpaired) electrons. The molecule has 4 heteroatoms. The number of piperidine rings is 1. The molecule has 1 fully saturated rings. The molecular weight excluding hydrogens is 253 g/mol. The number of hydrogen-bond donors (Lipinski definition) is 1. The summed E-state index contributed by atoms with van der Waals surface area (Å²) in [5.74, 6) is -0.143. The molecule has 2 N–H and O–H groups in total. The number of likely N-dealkylation sites (N-methyl/N-ethyl adjacent to an activating group) is 2. The Bertz CT molecular complexity index is 449. The van der Waals surface area contributed by atoms with Gasteiger partial charge in [0.15, 0.2) is 0 Å². The standard InChI is InChI=1S/C16H26FN3/c1-12-6-7-13(9-15(12)17)16(10-18)20(3)14-5-4-8-19(2)11-14/h6-7,9,14,16H,4-5,8,10-11,18H2,1-3H3. The third-order valence-electron chi connectivity index (χ3n) is 4.47. The molecule has 0 spiro atoms. The summed E-state index contributed by atoms with van der Waals surface area (Å²) < 4.78 is 13.8. The summed E-state index contributed by atoms with van der Waals surface area (Å²) in [7, 11) is 4.27. The van der Waals surface area contributed by atoms with Gasteiger partial charge in [-0.3, -0.25) is 4.90 Å². The lowest BCUT2D eigenvalue weighted by Crippen LogP contribution is -2.47. The number of benzene rings is 1. The molecule has 0 amide bonds. The molecule has 0 aliphatic carbocycles. The molecule has 1 aliphatic rings. The van der Waals surface area contributed by atoms with Crippen molar-refractivity contribution >= 4 is 0 Å². The molecular formula is C16H26FN3. The summed E-state index contributed by atoms with van der Waals surface area (Å²) in [4.78, 5) is 4.67. The van der Waals surface area contributed by atoms with Crippen LogP contribution in [0.2, 0.25) is 0 Å². The van der Waals surface area contributed by atoms with Crippen molar-refractivity contribution in [2.24, 2.45) is 5.73 Å². The summed E-state index contributed by atoms with van der Waals surface area (Å²) in [5.41, 5.74) is 7.62. The number of nitrogens with two attached hydrogens (primary N) is 1. The molecule has 1 aromatic rings. The molecule has 2 rings (SSSR count). The Morgan fingerprint density at radius 3 is 2.85 bits per heavy atom. The summed E-state index contributed by atoms with van der Waals surface area (Å²) in [6.45, 7) is 4.52. The minimum atomic E-state index is -0.143. The van der Waals surface area contributed by atoms with Crippen molar-refractivity contribution in [1.82, 2.24) is 9.80 Å². The molecule has 112 valence electrons. The van der Waals surface area contributed by atoms with Crippen LogP contribution in [0.25, 0.3) is 0 Å². The molecule has 1 saturated heterocycles. The van der Waals surface area contributed by atoms with Gasteiger partial charge in [0.2, 0.25) is 0 Å². The Balaban J connectivity index is 2.15. The minimum Gasteiger partial charge on any atom is -0.329 e. The second-order valence-electron chi connectivity index (χ2n) is 5.98. The molecule has 1 aliphatic heterocycles. The molecule has 0 saturated carbocycles. The van der Waals surface area contributed by atoms with Crippen molar-refractivity contribution in [3.05, 3.63) is 35.1 Å². The zero-order chi connectivity index (χ0) is 14.7. The first-order valence-electron chi connectivity index (χ1n) is 7.39. The van der Waals surface area contributed by atoms with Crippen LogP contribution in [0.5, 0.6) is 0 Å². The fraction of sp³-hybridized carbons (Fsp3) is 0.625. The topological polar surface area (TPSA) is 32.5 Å². The number of likely N-dealkylation sites (tertiary alicyclic amines) is 1. The predicted molar refractivity (Wildman–Crippen MR) is 81.2 cm³/mol. The fourth-order valence-corrected chi connectivity index (χ4v) is 3.08. The third kappa shape index (κ3) is 3.37. The van der Waals surface area contributed by atoms with Crippen LogP contribution in [-0.4, -0.2) is 49.6 Å². The Labute approximate surface area is 121 Å². The lowest BCUT2D eigenvalue weighted by Gasteiger charge is -2.40. The molecule has 1 heterocycles. The fourth-order valence-electron chi connectivity index (χ4n) is 3.08. The second-order valence-corrected chi connectivity index (χ2v) is 5.98. The van der Waals surface area contributed by atoms with E-state index in [2.05, 4.69) is 23.9 Å². The van der Waals surface area contributed by atoms with Crippen LogP contribution in [0.3, 0.4) is 0 Å². The van der Waals surface area contributed by atoms with E-state index < -0.39 is 0 Å². The molecule has 1 aromatic carbocycles. The van der Waals surface area contributed by atoms with E-state index in [-0.39, 0.29) is 11.9 Å². The average Bonchev–Trinajstić information content (AvgIpc) is 2.43. The Morgan fingerprint density at radius 2 is 2.25 bits per heavy atom. The van der Waals surface area contributed by atoms with Crippen LogP contribution < -0.4 is 5.73 Å². The van der Waals surface area contributed by atoms with E-state index in [9.17, 15) is 4.39 Å². The highest BCUT2D eigenvalue weighted by atomic mass is 19.1. The van der Waals surface area contributed by atoms with Gasteiger partial charge < -0.3 is 10.6 Å². The maximum Gasteiger partial charge on any atom is 0.126 e. The summed E-state index contributed by atoms with van der Waals surface area (Å²) >= 11 is 0. The lowest BCUT2D eigenvalue weighted by atomic mass is 9.98. The number of nitrogens with zero attached hydrogens (tertiary/aromatic N) is 2. The van der Waals surface area contributed by atoms with E-state index in [0.717, 1.165) is 18.7 Å². The quantitative estimate of drug-likeness (QED) is 0.917. The summed E-state index contributed by atoms with van der Waals surface area (Å²) in [5, 5.41) is 0. The maximum absolute atomic E-state index is 13.8. The number of aryl methyl sites for hydroxylation is 1. The number of halogens is 1. The van der Waals surface area contributed by atoms with Gasteiger partial charge in [0.25, 0.3) is 0 Å². The zero-order valence-corrected chi connectivity index (χ0v) is 12.8. The largest absolute Gasteiger partial charge is 0.329 e. The normalized spacial score (nSPS) is 22.2. The van der Waals surface area contributed by atoms with Crippen LogP contribution >= 0.6 is 0 Å². The van der Waals surface area contributed by atoms with Crippen molar-refractivity contribution in [2.45, 2.75) is 31.8 Å². The Morgan fingerprint density at radius 1 is 1.50 bits per heavy atom. The number of rotatable bonds is 4. The van der Waals surface area contributed by atoms with Gasteiger partial charge in [-0.2, -0.15) is 0 Å². The van der Waals surface area contributed by atoms with Gasteiger partial charge >= 0.3 is 0 Å². The maximum atomic E-state index is 13.8. The van der Waals surface area contributed by atoms with Crippen molar-refractivity contribution in [1.29, 1.82) is 0 Å². The van der Waals surface area contributed by atoms with Crippen molar-refractivity contribution in [3.63, 3.8) is 0 Å². The van der Waals surface area contributed by atoms with Crippen LogP contribution in [0, 0.1) is 12.7 Å².